The number of benzene rings is 2. The van der Waals surface area contributed by atoms with Crippen LogP contribution >= 0.6 is 0 Å². The maximum atomic E-state index is 13.3. The van der Waals surface area contributed by atoms with E-state index < -0.39 is 0 Å². The van der Waals surface area contributed by atoms with Crippen LogP contribution in [0.4, 0.5) is 0 Å². The van der Waals surface area contributed by atoms with Gasteiger partial charge in [-0.25, -0.2) is 4.98 Å². The standard InChI is InChI=1S/C29H35N5O2/c1-4-13-34-14-6-5-10-25(29(34)35)21-8-7-9-24(15-21)36-28-16-22(11-12-23(28)17-30)26(18-31-2)27-19-32-20-33(27)3/h7-9,11-12,15-16,19-20,25-26,31H,4-6,10,13-14,18H2,1-3H3. The van der Waals surface area contributed by atoms with Crippen molar-refractivity contribution in [1.29, 1.82) is 5.26 Å². The van der Waals surface area contributed by atoms with Crippen molar-refractivity contribution in [1.82, 2.24) is 19.8 Å². The largest absolute Gasteiger partial charge is 0.456 e. The van der Waals surface area contributed by atoms with Crippen LogP contribution in [0.25, 0.3) is 0 Å². The van der Waals surface area contributed by atoms with Crippen LogP contribution in [0.15, 0.2) is 55.0 Å². The Morgan fingerprint density at radius 2 is 2.11 bits per heavy atom. The lowest BCUT2D eigenvalue weighted by Crippen LogP contribution is -2.34. The molecule has 2 atom stereocenters. The minimum absolute atomic E-state index is 0.0529. The van der Waals surface area contributed by atoms with Gasteiger partial charge in [0.25, 0.3) is 0 Å². The van der Waals surface area contributed by atoms with Gasteiger partial charge in [-0.05, 0) is 61.7 Å². The molecule has 1 fully saturated rings. The first kappa shape index (κ1) is 25.5. The number of nitrogens with zero attached hydrogens (tertiary/aromatic N) is 4. The third kappa shape index (κ3) is 5.60. The Morgan fingerprint density at radius 1 is 1.25 bits per heavy atom. The molecule has 1 aromatic heterocycles. The van der Waals surface area contributed by atoms with E-state index in [4.69, 9.17) is 4.74 Å². The number of carbonyl (C=O) groups excluding carboxylic acids is 1. The second kappa shape index (κ2) is 11.9. The Labute approximate surface area is 213 Å². The molecule has 188 valence electrons. The van der Waals surface area contributed by atoms with Crippen molar-refractivity contribution in [2.24, 2.45) is 7.05 Å². The summed E-state index contributed by atoms with van der Waals surface area (Å²) in [4.78, 5) is 19.5. The zero-order chi connectivity index (χ0) is 25.5. The lowest BCUT2D eigenvalue weighted by Gasteiger charge is -2.24. The summed E-state index contributed by atoms with van der Waals surface area (Å²) in [5.41, 5.74) is 3.55. The summed E-state index contributed by atoms with van der Waals surface area (Å²) in [6.07, 6.45) is 7.54. The van der Waals surface area contributed by atoms with E-state index in [2.05, 4.69) is 23.3 Å². The monoisotopic (exact) mass is 485 g/mol. The summed E-state index contributed by atoms with van der Waals surface area (Å²) in [5, 5.41) is 13.0. The summed E-state index contributed by atoms with van der Waals surface area (Å²) < 4.78 is 8.31. The molecule has 7 heteroatoms. The molecule has 1 aliphatic rings. The number of carbonyl (C=O) groups is 1. The number of imidazole rings is 1. The van der Waals surface area contributed by atoms with E-state index in [0.717, 1.165) is 62.1 Å². The van der Waals surface area contributed by atoms with Crippen LogP contribution in [0, 0.1) is 11.3 Å². The highest BCUT2D eigenvalue weighted by atomic mass is 16.5. The number of rotatable bonds is 9. The van der Waals surface area contributed by atoms with Crippen molar-refractivity contribution in [2.45, 2.75) is 44.4 Å². The van der Waals surface area contributed by atoms with Gasteiger partial charge in [0.05, 0.1) is 17.8 Å². The first-order chi connectivity index (χ1) is 17.5. The molecule has 0 spiro atoms. The number of amides is 1. The van der Waals surface area contributed by atoms with Gasteiger partial charge in [0.15, 0.2) is 0 Å². The van der Waals surface area contributed by atoms with E-state index in [9.17, 15) is 10.1 Å². The van der Waals surface area contributed by atoms with E-state index in [0.29, 0.717) is 17.1 Å². The van der Waals surface area contributed by atoms with E-state index in [1.165, 1.54) is 0 Å². The molecule has 36 heavy (non-hydrogen) atoms. The summed E-state index contributed by atoms with van der Waals surface area (Å²) in [5.74, 6) is 1.24. The zero-order valence-corrected chi connectivity index (χ0v) is 21.4. The Hall–Kier alpha value is -3.63. The molecule has 1 amide bonds. The minimum atomic E-state index is -0.158. The second-order valence-electron chi connectivity index (χ2n) is 9.46. The number of likely N-dealkylation sites (tertiary alicyclic amines) is 1. The van der Waals surface area contributed by atoms with Gasteiger partial charge in [-0.3, -0.25) is 4.79 Å². The number of aryl methyl sites for hydroxylation is 1. The molecule has 0 saturated carbocycles. The van der Waals surface area contributed by atoms with Crippen LogP contribution in [-0.2, 0) is 11.8 Å². The third-order valence-electron chi connectivity index (χ3n) is 6.91. The molecule has 2 aromatic carbocycles. The number of ether oxygens (including phenoxy) is 1. The Bertz CT molecular complexity index is 1230. The van der Waals surface area contributed by atoms with E-state index in [1.807, 2.05) is 72.2 Å². The van der Waals surface area contributed by atoms with Gasteiger partial charge in [0.2, 0.25) is 5.91 Å². The van der Waals surface area contributed by atoms with Crippen LogP contribution in [0.3, 0.4) is 0 Å². The predicted octanol–water partition coefficient (Wildman–Crippen LogP) is 4.94. The van der Waals surface area contributed by atoms with Gasteiger partial charge in [-0.1, -0.05) is 31.5 Å². The Balaban J connectivity index is 1.63. The van der Waals surface area contributed by atoms with Crippen molar-refractivity contribution in [3.05, 3.63) is 77.4 Å². The van der Waals surface area contributed by atoms with Crippen molar-refractivity contribution in [2.75, 3.05) is 26.7 Å². The van der Waals surface area contributed by atoms with Gasteiger partial charge in [-0.2, -0.15) is 5.26 Å². The third-order valence-corrected chi connectivity index (χ3v) is 6.91. The van der Waals surface area contributed by atoms with Crippen molar-refractivity contribution in [3.63, 3.8) is 0 Å². The maximum Gasteiger partial charge on any atom is 0.230 e. The van der Waals surface area contributed by atoms with Gasteiger partial charge in [0, 0.05) is 44.5 Å². The summed E-state index contributed by atoms with van der Waals surface area (Å²) >= 11 is 0. The van der Waals surface area contributed by atoms with Gasteiger partial charge in [0.1, 0.15) is 17.6 Å². The van der Waals surface area contributed by atoms with Crippen LogP contribution < -0.4 is 10.1 Å². The fraction of sp³-hybridized carbons (Fsp3) is 0.414. The second-order valence-corrected chi connectivity index (χ2v) is 9.46. The highest BCUT2D eigenvalue weighted by Gasteiger charge is 2.28. The summed E-state index contributed by atoms with van der Waals surface area (Å²) in [6.45, 7) is 4.47. The molecule has 2 unspecified atom stereocenters. The van der Waals surface area contributed by atoms with E-state index in [-0.39, 0.29) is 17.7 Å². The predicted molar refractivity (Wildman–Crippen MR) is 140 cm³/mol. The van der Waals surface area contributed by atoms with Crippen LogP contribution in [0.2, 0.25) is 0 Å². The summed E-state index contributed by atoms with van der Waals surface area (Å²) in [7, 11) is 3.90. The lowest BCUT2D eigenvalue weighted by molar-refractivity contribution is -0.132. The SMILES string of the molecule is CCCN1CCCCC(c2cccc(Oc3cc(C(CNC)c4cncn4C)ccc3C#N)c2)C1=O. The number of aromatic nitrogens is 2. The number of nitriles is 1. The molecule has 0 bridgehead atoms. The molecular formula is C29H35N5O2. The molecule has 1 N–H and O–H groups in total. The fourth-order valence-electron chi connectivity index (χ4n) is 5.06. The number of hydrogen-bond acceptors (Lipinski definition) is 5. The van der Waals surface area contributed by atoms with Crippen LogP contribution in [0.1, 0.15) is 66.8 Å². The van der Waals surface area contributed by atoms with E-state index >= 15 is 0 Å². The van der Waals surface area contributed by atoms with Crippen LogP contribution in [-0.4, -0.2) is 47.0 Å². The molecule has 2 heterocycles. The Kier molecular flexibility index (Phi) is 8.40. The smallest absolute Gasteiger partial charge is 0.230 e. The lowest BCUT2D eigenvalue weighted by atomic mass is 9.93. The van der Waals surface area contributed by atoms with Gasteiger partial charge < -0.3 is 19.5 Å². The highest BCUT2D eigenvalue weighted by Crippen LogP contribution is 2.34. The van der Waals surface area contributed by atoms with Gasteiger partial charge in [-0.15, -0.1) is 0 Å². The van der Waals surface area contributed by atoms with Crippen molar-refractivity contribution in [3.8, 4) is 17.6 Å². The highest BCUT2D eigenvalue weighted by molar-refractivity contribution is 5.84. The molecule has 0 aliphatic carbocycles. The fourth-order valence-corrected chi connectivity index (χ4v) is 5.06. The number of likely N-dealkylation sites (N-methyl/N-ethyl adjacent to an activating group) is 1. The molecule has 7 nitrogen and oxygen atoms in total. The molecule has 1 saturated heterocycles. The molecular weight excluding hydrogens is 450 g/mol. The molecule has 3 aromatic rings. The van der Waals surface area contributed by atoms with E-state index in [1.54, 1.807) is 6.33 Å². The summed E-state index contributed by atoms with van der Waals surface area (Å²) in [6, 6.07) is 15.8. The van der Waals surface area contributed by atoms with Gasteiger partial charge >= 0.3 is 0 Å². The molecule has 0 radical (unpaired) electrons. The average molecular weight is 486 g/mol. The molecule has 4 rings (SSSR count). The minimum Gasteiger partial charge on any atom is -0.456 e. The average Bonchev–Trinajstić information content (AvgIpc) is 3.22. The Morgan fingerprint density at radius 3 is 2.83 bits per heavy atom. The zero-order valence-electron chi connectivity index (χ0n) is 21.4. The number of hydrogen-bond donors (Lipinski definition) is 1. The molecule has 1 aliphatic heterocycles. The van der Waals surface area contributed by atoms with Crippen molar-refractivity contribution < 1.29 is 9.53 Å². The normalized spacial score (nSPS) is 16.9. The number of nitrogens with one attached hydrogen (secondary N) is 1. The first-order valence-electron chi connectivity index (χ1n) is 12.8. The maximum absolute atomic E-state index is 13.3. The quantitative estimate of drug-likeness (QED) is 0.464. The van der Waals surface area contributed by atoms with Crippen LogP contribution in [0.5, 0.6) is 11.5 Å². The topological polar surface area (TPSA) is 83.2 Å². The first-order valence-corrected chi connectivity index (χ1v) is 12.8. The van der Waals surface area contributed by atoms with Crippen molar-refractivity contribution >= 4 is 5.91 Å².